The summed E-state index contributed by atoms with van der Waals surface area (Å²) in [5.74, 6) is -3.07. The van der Waals surface area contributed by atoms with E-state index in [0.29, 0.717) is 0 Å². The smallest absolute Gasteiger partial charge is 0.336 e. The Morgan fingerprint density at radius 1 is 1.18 bits per heavy atom. The Bertz CT molecular complexity index is 502. The van der Waals surface area contributed by atoms with E-state index in [4.69, 9.17) is 10.2 Å². The van der Waals surface area contributed by atoms with Gasteiger partial charge < -0.3 is 10.2 Å². The van der Waals surface area contributed by atoms with Crippen molar-refractivity contribution in [3.05, 3.63) is 47.5 Å². The Hall–Kier alpha value is -2.43. The monoisotopic (exact) mass is 234 g/mol. The molecule has 2 N–H and O–H groups in total. The van der Waals surface area contributed by atoms with Crippen molar-refractivity contribution >= 4 is 17.7 Å². The molecular formula is C12H10O5. The summed E-state index contributed by atoms with van der Waals surface area (Å²) in [4.78, 5) is 33.1. The van der Waals surface area contributed by atoms with E-state index in [9.17, 15) is 14.4 Å². The highest BCUT2D eigenvalue weighted by molar-refractivity contribution is 6.04. The van der Waals surface area contributed by atoms with Gasteiger partial charge in [0.05, 0.1) is 11.1 Å². The molecule has 1 aromatic carbocycles. The van der Waals surface area contributed by atoms with Crippen LogP contribution < -0.4 is 0 Å². The van der Waals surface area contributed by atoms with Crippen molar-refractivity contribution in [1.29, 1.82) is 0 Å². The Morgan fingerprint density at radius 3 is 2.29 bits per heavy atom. The van der Waals surface area contributed by atoms with Crippen molar-refractivity contribution in [1.82, 2.24) is 0 Å². The molecule has 0 fully saturated rings. The number of aromatic carboxylic acids is 2. The lowest BCUT2D eigenvalue weighted by Crippen LogP contribution is -2.13. The van der Waals surface area contributed by atoms with Gasteiger partial charge in [-0.3, -0.25) is 4.79 Å². The number of carbonyl (C=O) groups is 3. The molecule has 17 heavy (non-hydrogen) atoms. The maximum atomic E-state index is 11.2. The first kappa shape index (κ1) is 12.6. The van der Waals surface area contributed by atoms with Crippen LogP contribution in [0.4, 0.5) is 0 Å². The number of rotatable bonds is 5. The number of ketones is 1. The quantitative estimate of drug-likeness (QED) is 0.751. The minimum Gasteiger partial charge on any atom is -0.478 e. The number of carbonyl (C=O) groups excluding carboxylic acids is 1. The highest BCUT2D eigenvalue weighted by Gasteiger charge is 2.20. The van der Waals surface area contributed by atoms with E-state index in [2.05, 4.69) is 6.58 Å². The number of carboxylic acid groups (broad SMARTS) is 2. The van der Waals surface area contributed by atoms with Gasteiger partial charge >= 0.3 is 11.9 Å². The van der Waals surface area contributed by atoms with E-state index in [1.165, 1.54) is 18.2 Å². The first-order valence-corrected chi connectivity index (χ1v) is 4.71. The summed E-state index contributed by atoms with van der Waals surface area (Å²) in [6, 6.07) is 4.01. The molecule has 0 saturated heterocycles. The summed E-state index contributed by atoms with van der Waals surface area (Å²) in [5, 5.41) is 17.8. The van der Waals surface area contributed by atoms with Gasteiger partial charge in [0, 0.05) is 6.42 Å². The summed E-state index contributed by atoms with van der Waals surface area (Å²) in [7, 11) is 0. The largest absolute Gasteiger partial charge is 0.478 e. The zero-order valence-electron chi connectivity index (χ0n) is 8.84. The topological polar surface area (TPSA) is 91.7 Å². The summed E-state index contributed by atoms with van der Waals surface area (Å²) >= 11 is 0. The Kier molecular flexibility index (Phi) is 3.77. The van der Waals surface area contributed by atoms with Crippen molar-refractivity contribution in [2.45, 2.75) is 6.42 Å². The summed E-state index contributed by atoms with van der Waals surface area (Å²) in [6.07, 6.45) is 0.894. The molecule has 0 aromatic heterocycles. The van der Waals surface area contributed by atoms with Gasteiger partial charge in [-0.2, -0.15) is 0 Å². The minimum absolute atomic E-state index is 0.169. The highest BCUT2D eigenvalue weighted by Crippen LogP contribution is 2.16. The fourth-order valence-electron chi connectivity index (χ4n) is 1.44. The Morgan fingerprint density at radius 2 is 1.82 bits per heavy atom. The van der Waals surface area contributed by atoms with Crippen molar-refractivity contribution in [3.8, 4) is 0 Å². The number of hydrogen-bond donors (Lipinski definition) is 2. The first-order chi connectivity index (χ1) is 7.97. The van der Waals surface area contributed by atoms with Crippen LogP contribution in [0, 0.1) is 0 Å². The summed E-state index contributed by atoms with van der Waals surface area (Å²) in [5.41, 5.74) is -0.510. The van der Waals surface area contributed by atoms with Gasteiger partial charge in [0.15, 0.2) is 5.78 Å². The van der Waals surface area contributed by atoms with Crippen LogP contribution in [-0.2, 0) is 11.2 Å². The molecule has 0 aliphatic carbocycles. The van der Waals surface area contributed by atoms with Gasteiger partial charge in [-0.1, -0.05) is 18.7 Å². The Labute approximate surface area is 97.0 Å². The van der Waals surface area contributed by atoms with E-state index < -0.39 is 11.9 Å². The second-order valence-corrected chi connectivity index (χ2v) is 3.30. The zero-order valence-corrected chi connectivity index (χ0v) is 8.84. The standard InChI is InChI=1S/C12H10O5/c1-2-8(13)6-7-4-3-5-9(11(14)15)10(7)12(16)17/h2-5H,1,6H2,(H,14,15)(H,16,17). The van der Waals surface area contributed by atoms with E-state index >= 15 is 0 Å². The van der Waals surface area contributed by atoms with Crippen LogP contribution in [-0.4, -0.2) is 27.9 Å². The molecule has 0 aliphatic heterocycles. The third kappa shape index (κ3) is 2.78. The molecule has 1 aromatic rings. The lowest BCUT2D eigenvalue weighted by atomic mass is 9.97. The van der Waals surface area contributed by atoms with Crippen LogP contribution in [0.3, 0.4) is 0 Å². The normalized spacial score (nSPS) is 9.65. The molecule has 0 aliphatic rings. The fourth-order valence-corrected chi connectivity index (χ4v) is 1.44. The van der Waals surface area contributed by atoms with Crippen LogP contribution in [0.1, 0.15) is 26.3 Å². The predicted octanol–water partition coefficient (Wildman–Crippen LogP) is 1.38. The van der Waals surface area contributed by atoms with Crippen molar-refractivity contribution < 1.29 is 24.6 Å². The fraction of sp³-hybridized carbons (Fsp3) is 0.0833. The molecule has 5 heteroatoms. The molecule has 0 unspecified atom stereocenters. The summed E-state index contributed by atoms with van der Waals surface area (Å²) < 4.78 is 0. The van der Waals surface area contributed by atoms with E-state index in [1.54, 1.807) is 0 Å². The van der Waals surface area contributed by atoms with Crippen molar-refractivity contribution in [3.63, 3.8) is 0 Å². The first-order valence-electron chi connectivity index (χ1n) is 4.71. The molecule has 0 bridgehead atoms. The molecule has 5 nitrogen and oxygen atoms in total. The van der Waals surface area contributed by atoms with Crippen LogP contribution >= 0.6 is 0 Å². The number of carboxylic acids is 2. The number of hydrogen-bond acceptors (Lipinski definition) is 3. The third-order valence-corrected chi connectivity index (χ3v) is 2.19. The molecule has 0 amide bonds. The maximum absolute atomic E-state index is 11.2. The zero-order chi connectivity index (χ0) is 13.0. The SMILES string of the molecule is C=CC(=O)Cc1cccc(C(=O)O)c1C(=O)O. The van der Waals surface area contributed by atoms with Crippen LogP contribution in [0.15, 0.2) is 30.9 Å². The molecule has 88 valence electrons. The average Bonchev–Trinajstić information content (AvgIpc) is 2.28. The number of benzene rings is 1. The molecule has 0 atom stereocenters. The van der Waals surface area contributed by atoms with Crippen molar-refractivity contribution in [2.24, 2.45) is 0 Å². The van der Waals surface area contributed by atoms with Crippen molar-refractivity contribution in [2.75, 3.05) is 0 Å². The second-order valence-electron chi connectivity index (χ2n) is 3.30. The average molecular weight is 234 g/mol. The molecule has 0 spiro atoms. The van der Waals surface area contributed by atoms with E-state index in [1.807, 2.05) is 0 Å². The van der Waals surface area contributed by atoms with Crippen LogP contribution in [0.5, 0.6) is 0 Å². The summed E-state index contributed by atoms with van der Waals surface area (Å²) in [6.45, 7) is 3.28. The van der Waals surface area contributed by atoms with Gasteiger partial charge in [-0.15, -0.1) is 0 Å². The molecule has 0 radical (unpaired) electrons. The molecule has 0 heterocycles. The highest BCUT2D eigenvalue weighted by atomic mass is 16.4. The van der Waals surface area contributed by atoms with Gasteiger partial charge in [-0.05, 0) is 17.7 Å². The lowest BCUT2D eigenvalue weighted by molar-refractivity contribution is -0.114. The van der Waals surface area contributed by atoms with Gasteiger partial charge in [0.2, 0.25) is 0 Å². The number of allylic oxidation sites excluding steroid dienone is 1. The third-order valence-electron chi connectivity index (χ3n) is 2.19. The van der Waals surface area contributed by atoms with Gasteiger partial charge in [0.1, 0.15) is 0 Å². The van der Waals surface area contributed by atoms with Crippen LogP contribution in [0.25, 0.3) is 0 Å². The molecular weight excluding hydrogens is 224 g/mol. The van der Waals surface area contributed by atoms with E-state index in [-0.39, 0.29) is 28.9 Å². The van der Waals surface area contributed by atoms with E-state index in [0.717, 1.165) is 6.08 Å². The molecule has 1 rings (SSSR count). The maximum Gasteiger partial charge on any atom is 0.336 e. The Balaban J connectivity index is 3.34. The van der Waals surface area contributed by atoms with Gasteiger partial charge in [0.25, 0.3) is 0 Å². The van der Waals surface area contributed by atoms with Crippen LogP contribution in [0.2, 0.25) is 0 Å². The molecule has 0 saturated carbocycles. The second kappa shape index (κ2) is 5.07. The lowest BCUT2D eigenvalue weighted by Gasteiger charge is -2.07. The minimum atomic E-state index is -1.37. The predicted molar refractivity (Wildman–Crippen MR) is 59.3 cm³/mol. The van der Waals surface area contributed by atoms with Gasteiger partial charge in [-0.25, -0.2) is 9.59 Å².